The Labute approximate surface area is 298 Å². The van der Waals surface area contributed by atoms with E-state index in [0.29, 0.717) is 74.7 Å². The van der Waals surface area contributed by atoms with Crippen molar-refractivity contribution in [1.29, 1.82) is 10.5 Å². The molecule has 0 aliphatic carbocycles. The Kier molecular flexibility index (Phi) is 10.6. The Hall–Kier alpha value is -3.68. The van der Waals surface area contributed by atoms with Gasteiger partial charge in [0, 0.05) is 45.5 Å². The van der Waals surface area contributed by atoms with Gasteiger partial charge in [0.15, 0.2) is 31.3 Å². The van der Waals surface area contributed by atoms with Crippen molar-refractivity contribution in [3.8, 4) is 46.6 Å². The topological polar surface area (TPSA) is 141 Å². The van der Waals surface area contributed by atoms with Gasteiger partial charge in [0.05, 0.1) is 65.8 Å². The third-order valence-corrected chi connectivity index (χ3v) is 18.0. The van der Waals surface area contributed by atoms with Gasteiger partial charge in [-0.3, -0.25) is 9.80 Å². The molecular weight excluding hydrogens is 653 g/mol. The first-order chi connectivity index (χ1) is 23.7. The summed E-state index contributed by atoms with van der Waals surface area (Å²) in [5.74, 6) is 1.88. The minimum Gasteiger partial charge on any atom is -0.504 e. The van der Waals surface area contributed by atoms with Gasteiger partial charge in [-0.1, -0.05) is 41.5 Å². The first-order valence-corrected chi connectivity index (χ1v) is 19.7. The number of methoxy groups -OCH3 is 4. The van der Waals surface area contributed by atoms with E-state index < -0.39 is 38.5 Å². The average Bonchev–Trinajstić information content (AvgIpc) is 3.05. The normalized spacial score (nSPS) is 23.2. The van der Waals surface area contributed by atoms with Crippen molar-refractivity contribution in [3.63, 3.8) is 0 Å². The smallest absolute Gasteiger partial charge is 0.200 e. The second kappa shape index (κ2) is 14.1. The van der Waals surface area contributed by atoms with E-state index in [1.165, 1.54) is 14.2 Å². The highest BCUT2D eigenvalue weighted by atomic mass is 28.4. The maximum atomic E-state index is 12.1. The number of ether oxygens (including phenoxy) is 4. The number of piperazine rings is 1. The fraction of sp³-hybridized carbons (Fsp3) is 0.632. The summed E-state index contributed by atoms with van der Waals surface area (Å²) < 4.78 is 30.9. The average molecular weight is 707 g/mol. The third-order valence-electron chi connectivity index (χ3n) is 11.9. The molecule has 2 N–H and O–H groups in total. The lowest BCUT2D eigenvalue weighted by Crippen LogP contribution is -2.69. The van der Waals surface area contributed by atoms with Crippen LogP contribution in [0.25, 0.3) is 0 Å². The van der Waals surface area contributed by atoms with Crippen molar-refractivity contribution in [2.45, 2.75) is 115 Å². The molecule has 2 bridgehead atoms. The molecule has 3 aliphatic rings. The zero-order valence-corrected chi connectivity index (χ0v) is 32.7. The first kappa shape index (κ1) is 37.6. The lowest BCUT2D eigenvalue weighted by Gasteiger charge is -2.60. The minimum atomic E-state index is -2.43. The van der Waals surface area contributed by atoms with E-state index in [1.54, 1.807) is 14.2 Å². The van der Waals surface area contributed by atoms with E-state index in [2.05, 4.69) is 63.5 Å². The van der Waals surface area contributed by atoms with E-state index in [0.717, 1.165) is 11.1 Å². The predicted molar refractivity (Wildman–Crippen MR) is 193 cm³/mol. The molecule has 11 nitrogen and oxygen atoms in total. The zero-order valence-electron chi connectivity index (χ0n) is 31.7. The van der Waals surface area contributed by atoms with Crippen molar-refractivity contribution in [2.75, 3.05) is 41.6 Å². The van der Waals surface area contributed by atoms with Gasteiger partial charge in [-0.15, -0.1) is 0 Å². The summed E-state index contributed by atoms with van der Waals surface area (Å²) in [4.78, 5) is 4.26. The first-order valence-electron chi connectivity index (χ1n) is 17.6. The number of aromatic hydroxyl groups is 2. The molecule has 0 unspecified atom stereocenters. The number of rotatable bonds is 11. The highest BCUT2D eigenvalue weighted by Gasteiger charge is 2.58. The van der Waals surface area contributed by atoms with Crippen LogP contribution in [0.2, 0.25) is 16.6 Å². The summed E-state index contributed by atoms with van der Waals surface area (Å²) in [6.45, 7) is 17.4. The van der Waals surface area contributed by atoms with Crippen LogP contribution in [-0.4, -0.2) is 88.0 Å². The standard InChI is InChI=1S/C38H54N4O7Si/c1-19(2)50(20(3)4,21(5)6)49-18-29-30-24(35(45-9)22(7)37(47-11)33(30)43)16-27-32-31-25(36(46-10)23(8)38(48-12)34(31)44)15-26(41(32)14-13-39)28(17-40)42(27)29/h19-21,26-29,32,43-44H,14-16,18H2,1-12H3/t26-,27-,28-,29-,32-/m0/s1. The lowest BCUT2D eigenvalue weighted by molar-refractivity contribution is -0.0875. The summed E-state index contributed by atoms with van der Waals surface area (Å²) >= 11 is 0. The summed E-state index contributed by atoms with van der Waals surface area (Å²) in [5.41, 5.74) is 5.15. The fourth-order valence-electron chi connectivity index (χ4n) is 10.2. The molecule has 5 atom stereocenters. The molecule has 3 heterocycles. The molecule has 2 aromatic carbocycles. The fourth-order valence-corrected chi connectivity index (χ4v) is 15.7. The van der Waals surface area contributed by atoms with Crippen LogP contribution in [0.5, 0.6) is 34.5 Å². The number of fused-ring (bicyclic) bond motifs is 7. The van der Waals surface area contributed by atoms with Gasteiger partial charge in [0.2, 0.25) is 0 Å². The molecule has 0 aromatic heterocycles. The maximum Gasteiger partial charge on any atom is 0.200 e. The van der Waals surface area contributed by atoms with Crippen molar-refractivity contribution in [2.24, 2.45) is 0 Å². The van der Waals surface area contributed by atoms with Gasteiger partial charge in [0.1, 0.15) is 17.5 Å². The summed E-state index contributed by atoms with van der Waals surface area (Å²) in [6.07, 6.45) is 0.732. The molecule has 0 saturated carbocycles. The van der Waals surface area contributed by atoms with Crippen molar-refractivity contribution in [3.05, 3.63) is 33.4 Å². The molecule has 0 spiro atoms. The molecule has 1 saturated heterocycles. The predicted octanol–water partition coefficient (Wildman–Crippen LogP) is 6.61. The summed E-state index contributed by atoms with van der Waals surface area (Å²) in [7, 11) is 3.85. The van der Waals surface area contributed by atoms with Crippen LogP contribution in [0, 0.1) is 36.5 Å². The molecule has 0 radical (unpaired) electrons. The number of nitriles is 2. The Balaban J connectivity index is 1.85. The van der Waals surface area contributed by atoms with Crippen LogP contribution in [-0.2, 0) is 17.3 Å². The number of phenolic OH excluding ortho intramolecular Hbond substituents is 2. The molecule has 1 fully saturated rings. The minimum absolute atomic E-state index is 0.00714. The third kappa shape index (κ3) is 5.29. The molecule has 12 heteroatoms. The Morgan fingerprint density at radius 3 is 1.64 bits per heavy atom. The van der Waals surface area contributed by atoms with Gasteiger partial charge in [-0.2, -0.15) is 10.5 Å². The number of hydrogen-bond acceptors (Lipinski definition) is 11. The zero-order chi connectivity index (χ0) is 37.0. The Morgan fingerprint density at radius 2 is 1.20 bits per heavy atom. The highest BCUT2D eigenvalue weighted by Crippen LogP contribution is 2.59. The number of benzene rings is 2. The second-order valence-electron chi connectivity index (χ2n) is 14.8. The molecule has 3 aliphatic heterocycles. The van der Waals surface area contributed by atoms with Gasteiger partial charge in [0.25, 0.3) is 0 Å². The monoisotopic (exact) mass is 706 g/mol. The van der Waals surface area contributed by atoms with Gasteiger partial charge in [-0.25, -0.2) is 0 Å². The lowest BCUT2D eigenvalue weighted by atomic mass is 9.71. The summed E-state index contributed by atoms with van der Waals surface area (Å²) in [5, 5.41) is 45.3. The van der Waals surface area contributed by atoms with E-state index in [9.17, 15) is 20.7 Å². The van der Waals surface area contributed by atoms with E-state index in [4.69, 9.17) is 23.4 Å². The molecule has 50 heavy (non-hydrogen) atoms. The van der Waals surface area contributed by atoms with E-state index in [-0.39, 0.29) is 24.7 Å². The van der Waals surface area contributed by atoms with Gasteiger partial charge in [-0.05, 0) is 43.3 Å². The van der Waals surface area contributed by atoms with Gasteiger partial charge < -0.3 is 33.6 Å². The SMILES string of the molecule is COc1c(C)c(OC)c2c(c1O)[C@@H]1[C@@H]3Cc4c(OC)c(C)c(OC)c(O)c4[C@H](CO[Si](C(C)C)(C(C)C)C(C)C)N3[C@@H](C#N)[C@H](C2)N1CC#N. The Bertz CT molecular complexity index is 1690. The summed E-state index contributed by atoms with van der Waals surface area (Å²) in [6, 6.07) is 2.36. The Morgan fingerprint density at radius 1 is 0.740 bits per heavy atom. The number of hydrogen-bond donors (Lipinski definition) is 2. The second-order valence-corrected chi connectivity index (χ2v) is 20.3. The van der Waals surface area contributed by atoms with Crippen LogP contribution in [0.1, 0.15) is 87.0 Å². The molecule has 5 rings (SSSR count). The van der Waals surface area contributed by atoms with Gasteiger partial charge >= 0.3 is 0 Å². The molecule has 2 aromatic rings. The number of nitrogens with zero attached hydrogens (tertiary/aromatic N) is 4. The van der Waals surface area contributed by atoms with Crippen LogP contribution in [0.4, 0.5) is 0 Å². The molecule has 0 amide bonds. The van der Waals surface area contributed by atoms with Crippen LogP contribution < -0.4 is 18.9 Å². The van der Waals surface area contributed by atoms with E-state index in [1.807, 2.05) is 13.8 Å². The highest BCUT2D eigenvalue weighted by molar-refractivity contribution is 6.77. The van der Waals surface area contributed by atoms with Crippen LogP contribution in [0.15, 0.2) is 0 Å². The largest absolute Gasteiger partial charge is 0.504 e. The molecular formula is C38H54N4O7Si. The number of phenols is 2. The van der Waals surface area contributed by atoms with Crippen LogP contribution in [0.3, 0.4) is 0 Å². The van der Waals surface area contributed by atoms with Crippen molar-refractivity contribution < 1.29 is 33.6 Å². The van der Waals surface area contributed by atoms with Crippen LogP contribution >= 0.6 is 0 Å². The maximum absolute atomic E-state index is 12.1. The molecule has 272 valence electrons. The quantitative estimate of drug-likeness (QED) is 0.193. The van der Waals surface area contributed by atoms with E-state index >= 15 is 0 Å². The van der Waals surface area contributed by atoms with Crippen molar-refractivity contribution in [1.82, 2.24) is 9.80 Å². The van der Waals surface area contributed by atoms with Crippen molar-refractivity contribution >= 4 is 8.32 Å².